The number of rotatable bonds is 3. The van der Waals surface area contributed by atoms with Gasteiger partial charge < -0.3 is 0 Å². The van der Waals surface area contributed by atoms with Gasteiger partial charge in [-0.25, -0.2) is 15.0 Å². The minimum absolute atomic E-state index is 0.665. The topological polar surface area (TPSA) is 38.7 Å². The van der Waals surface area contributed by atoms with E-state index in [0.29, 0.717) is 17.5 Å². The number of hydrogen-bond acceptors (Lipinski definition) is 4. The highest BCUT2D eigenvalue weighted by Gasteiger charge is 2.18. The molecule has 0 radical (unpaired) electrons. The van der Waals surface area contributed by atoms with Crippen molar-refractivity contribution in [1.82, 2.24) is 15.0 Å². The van der Waals surface area contributed by atoms with Gasteiger partial charge in [-0.05, 0) is 55.2 Å². The second-order valence-electron chi connectivity index (χ2n) is 12.0. The van der Waals surface area contributed by atoms with Crippen molar-refractivity contribution in [2.24, 2.45) is 0 Å². The number of benzene rings is 8. The molecule has 0 fully saturated rings. The monoisotopic (exact) mass is 615 g/mol. The summed E-state index contributed by atoms with van der Waals surface area (Å²) in [6.45, 7) is 0. The zero-order valence-corrected chi connectivity index (χ0v) is 26.0. The molecule has 47 heavy (non-hydrogen) atoms. The van der Waals surface area contributed by atoms with Gasteiger partial charge >= 0.3 is 0 Å². The maximum absolute atomic E-state index is 5.23. The highest BCUT2D eigenvalue weighted by atomic mass is 32.1. The number of aromatic nitrogens is 3. The second kappa shape index (κ2) is 10.3. The van der Waals surface area contributed by atoms with Crippen molar-refractivity contribution in [2.45, 2.75) is 0 Å². The predicted molar refractivity (Wildman–Crippen MR) is 199 cm³/mol. The Morgan fingerprint density at radius 1 is 0.319 bits per heavy atom. The summed E-state index contributed by atoms with van der Waals surface area (Å²) in [5.41, 5.74) is 2.97. The van der Waals surface area contributed by atoms with Crippen LogP contribution in [0.3, 0.4) is 0 Å². The molecule has 0 N–H and O–H groups in total. The average molecular weight is 616 g/mol. The molecule has 0 saturated heterocycles. The van der Waals surface area contributed by atoms with Crippen molar-refractivity contribution in [3.05, 3.63) is 152 Å². The fraction of sp³-hybridized carbons (Fsp3) is 0. The highest BCUT2D eigenvalue weighted by Crippen LogP contribution is 2.41. The summed E-state index contributed by atoms with van der Waals surface area (Å²) in [5, 5.41) is 12.3. The van der Waals surface area contributed by atoms with Gasteiger partial charge in [0.2, 0.25) is 0 Å². The zero-order valence-electron chi connectivity index (χ0n) is 25.2. The minimum atomic E-state index is 0.665. The van der Waals surface area contributed by atoms with Crippen LogP contribution >= 0.6 is 11.3 Å². The molecule has 4 heteroatoms. The largest absolute Gasteiger partial charge is 0.208 e. The average Bonchev–Trinajstić information content (AvgIpc) is 3.53. The Morgan fingerprint density at radius 2 is 0.851 bits per heavy atom. The van der Waals surface area contributed by atoms with E-state index in [1.807, 2.05) is 18.2 Å². The summed E-state index contributed by atoms with van der Waals surface area (Å²) in [4.78, 5) is 15.5. The van der Waals surface area contributed by atoms with E-state index in [-0.39, 0.29) is 0 Å². The molecule has 0 saturated carbocycles. The lowest BCUT2D eigenvalue weighted by Crippen LogP contribution is -2.00. The van der Waals surface area contributed by atoms with Crippen LogP contribution in [-0.2, 0) is 0 Å². The first kappa shape index (κ1) is 26.3. The minimum Gasteiger partial charge on any atom is -0.208 e. The van der Waals surface area contributed by atoms with E-state index in [4.69, 9.17) is 15.0 Å². The van der Waals surface area contributed by atoms with Crippen molar-refractivity contribution in [2.75, 3.05) is 0 Å². The number of nitrogens with zero attached hydrogens (tertiary/aromatic N) is 3. The number of hydrogen-bond donors (Lipinski definition) is 0. The molecule has 0 spiro atoms. The third kappa shape index (κ3) is 4.09. The molecule has 3 nitrogen and oxygen atoms in total. The van der Waals surface area contributed by atoms with Crippen molar-refractivity contribution in [3.8, 4) is 34.2 Å². The van der Waals surface area contributed by atoms with Gasteiger partial charge in [0.25, 0.3) is 0 Å². The molecule has 10 aromatic rings. The standard InChI is InChI=1S/C43H25N3S/c1-2-11-27(12-3-1)41-44-42(46-43(45-41)37-17-9-19-39-40(37)36-14-6-7-18-38(36)47-39)35-16-8-15-29-32-23-22-30-28-13-5-4-10-26(28)20-21-31(30)33(32)24-25-34(29)35/h1-25H. The van der Waals surface area contributed by atoms with Crippen LogP contribution in [0.15, 0.2) is 152 Å². The first-order valence-corrected chi connectivity index (χ1v) is 16.6. The maximum Gasteiger partial charge on any atom is 0.164 e. The molecule has 0 aliphatic carbocycles. The third-order valence-electron chi connectivity index (χ3n) is 9.33. The molecule has 8 aromatic carbocycles. The fourth-order valence-electron chi connectivity index (χ4n) is 7.16. The van der Waals surface area contributed by atoms with Crippen LogP contribution in [0.4, 0.5) is 0 Å². The van der Waals surface area contributed by atoms with Gasteiger partial charge in [-0.15, -0.1) is 11.3 Å². The Hall–Kier alpha value is -5.97. The molecule has 10 rings (SSSR count). The van der Waals surface area contributed by atoms with E-state index in [9.17, 15) is 0 Å². The summed E-state index contributed by atoms with van der Waals surface area (Å²) in [5.74, 6) is 2.01. The molecule has 0 atom stereocenters. The molecule has 0 amide bonds. The molecular formula is C43H25N3S. The smallest absolute Gasteiger partial charge is 0.164 e. The lowest BCUT2D eigenvalue weighted by molar-refractivity contribution is 1.08. The van der Waals surface area contributed by atoms with Gasteiger partial charge in [0.15, 0.2) is 17.5 Å². The quantitative estimate of drug-likeness (QED) is 0.186. The highest BCUT2D eigenvalue weighted by molar-refractivity contribution is 7.25. The van der Waals surface area contributed by atoms with Crippen LogP contribution in [0.5, 0.6) is 0 Å². The normalized spacial score (nSPS) is 11.8. The van der Waals surface area contributed by atoms with Crippen LogP contribution in [-0.4, -0.2) is 15.0 Å². The Balaban J connectivity index is 1.23. The lowest BCUT2D eigenvalue weighted by Gasteiger charge is -2.13. The van der Waals surface area contributed by atoms with Gasteiger partial charge in [-0.3, -0.25) is 0 Å². The van der Waals surface area contributed by atoms with E-state index in [1.54, 1.807) is 11.3 Å². The molecular weight excluding hydrogens is 591 g/mol. The Morgan fingerprint density at radius 3 is 1.68 bits per heavy atom. The second-order valence-corrected chi connectivity index (χ2v) is 13.0. The predicted octanol–water partition coefficient (Wildman–Crippen LogP) is 11.9. The zero-order chi connectivity index (χ0) is 30.9. The van der Waals surface area contributed by atoms with Crippen LogP contribution in [0.25, 0.3) is 97.4 Å². The SMILES string of the molecule is c1ccc(-c2nc(-c3cccc4c3ccc3c4ccc4c5ccccc5ccc43)nc(-c3cccc4sc5ccccc5c34)n2)cc1. The molecule has 2 aromatic heterocycles. The van der Waals surface area contributed by atoms with E-state index in [1.165, 1.54) is 57.9 Å². The van der Waals surface area contributed by atoms with E-state index < -0.39 is 0 Å². The van der Waals surface area contributed by atoms with Crippen LogP contribution in [0, 0.1) is 0 Å². The van der Waals surface area contributed by atoms with Gasteiger partial charge in [-0.2, -0.15) is 0 Å². The van der Waals surface area contributed by atoms with Crippen molar-refractivity contribution in [1.29, 1.82) is 0 Å². The van der Waals surface area contributed by atoms with E-state index >= 15 is 0 Å². The first-order chi connectivity index (χ1) is 23.3. The molecule has 2 heterocycles. The molecule has 218 valence electrons. The van der Waals surface area contributed by atoms with Crippen LogP contribution < -0.4 is 0 Å². The van der Waals surface area contributed by atoms with Crippen molar-refractivity contribution in [3.63, 3.8) is 0 Å². The molecule has 0 bridgehead atoms. The van der Waals surface area contributed by atoms with E-state index in [0.717, 1.165) is 22.1 Å². The lowest BCUT2D eigenvalue weighted by atomic mass is 9.93. The number of fused-ring (bicyclic) bond motifs is 10. The molecule has 0 unspecified atom stereocenters. The molecule has 0 aliphatic rings. The van der Waals surface area contributed by atoms with Crippen LogP contribution in [0.2, 0.25) is 0 Å². The number of thiophene rings is 1. The fourth-order valence-corrected chi connectivity index (χ4v) is 8.29. The summed E-state index contributed by atoms with van der Waals surface area (Å²) in [7, 11) is 0. The maximum atomic E-state index is 5.23. The third-order valence-corrected chi connectivity index (χ3v) is 10.5. The Kier molecular flexibility index (Phi) is 5.74. The summed E-state index contributed by atoms with van der Waals surface area (Å²) in [6, 6.07) is 53.8. The van der Waals surface area contributed by atoms with Gasteiger partial charge in [0.05, 0.1) is 0 Å². The van der Waals surface area contributed by atoms with Crippen molar-refractivity contribution < 1.29 is 0 Å². The van der Waals surface area contributed by atoms with Crippen molar-refractivity contribution >= 4 is 74.6 Å². The summed E-state index contributed by atoms with van der Waals surface area (Å²) < 4.78 is 2.48. The van der Waals surface area contributed by atoms with E-state index in [2.05, 4.69) is 133 Å². The Labute approximate surface area is 274 Å². The summed E-state index contributed by atoms with van der Waals surface area (Å²) >= 11 is 1.80. The van der Waals surface area contributed by atoms with Gasteiger partial charge in [0, 0.05) is 36.9 Å². The first-order valence-electron chi connectivity index (χ1n) is 15.8. The van der Waals surface area contributed by atoms with Crippen LogP contribution in [0.1, 0.15) is 0 Å². The Bertz CT molecular complexity index is 2850. The summed E-state index contributed by atoms with van der Waals surface area (Å²) in [6.07, 6.45) is 0. The van der Waals surface area contributed by atoms with Gasteiger partial charge in [0.1, 0.15) is 0 Å². The van der Waals surface area contributed by atoms with Gasteiger partial charge in [-0.1, -0.05) is 140 Å². The molecule has 0 aliphatic heterocycles.